The fourth-order valence-corrected chi connectivity index (χ4v) is 1.66. The molecule has 0 saturated carbocycles. The van der Waals surface area contributed by atoms with Crippen molar-refractivity contribution >= 4 is 11.8 Å². The molecule has 0 aromatic heterocycles. The molecule has 0 saturated heterocycles. The Kier molecular flexibility index (Phi) is 3.71. The number of amides is 2. The molecule has 0 radical (unpaired) electrons. The quantitative estimate of drug-likeness (QED) is 0.738. The first-order valence-corrected chi connectivity index (χ1v) is 4.77. The van der Waals surface area contributed by atoms with Crippen LogP contribution in [0.15, 0.2) is 24.3 Å². The Morgan fingerprint density at radius 2 is 1.56 bits per heavy atom. The lowest BCUT2D eigenvalue weighted by atomic mass is 10.1. The second kappa shape index (κ2) is 4.83. The maximum atomic E-state index is 12.0. The van der Waals surface area contributed by atoms with Crippen molar-refractivity contribution in [1.82, 2.24) is 4.90 Å². The van der Waals surface area contributed by atoms with E-state index in [9.17, 15) is 14.0 Å². The molecule has 5 heteroatoms. The number of rotatable bonds is 3. The minimum atomic E-state index is -0.520. The Morgan fingerprint density at radius 3 is 2.00 bits per heavy atom. The van der Waals surface area contributed by atoms with Crippen LogP contribution < -0.4 is 0 Å². The summed E-state index contributed by atoms with van der Waals surface area (Å²) in [5.41, 5.74) is 0.836. The average molecular weight is 227 g/mol. The predicted molar refractivity (Wildman–Crippen MR) is 54.9 cm³/mol. The second-order valence-electron chi connectivity index (χ2n) is 3.35. The SMILES string of the molecule is F.O=C1c2ccccc2C(=O)N1CCCF. The predicted octanol–water partition coefficient (Wildman–Crippen LogP) is 1.79. The molecule has 1 aromatic rings. The van der Waals surface area contributed by atoms with Gasteiger partial charge in [0.05, 0.1) is 17.8 Å². The summed E-state index contributed by atoms with van der Waals surface area (Å²) in [5.74, 6) is -0.631. The highest BCUT2D eigenvalue weighted by molar-refractivity contribution is 6.21. The van der Waals surface area contributed by atoms with Gasteiger partial charge in [0.1, 0.15) is 0 Å². The van der Waals surface area contributed by atoms with Gasteiger partial charge in [-0.15, -0.1) is 0 Å². The second-order valence-corrected chi connectivity index (χ2v) is 3.35. The van der Waals surface area contributed by atoms with Crippen LogP contribution in [-0.2, 0) is 0 Å². The van der Waals surface area contributed by atoms with Crippen LogP contribution >= 0.6 is 0 Å². The molecule has 16 heavy (non-hydrogen) atoms. The molecule has 0 fully saturated rings. The first kappa shape index (κ1) is 12.3. The van der Waals surface area contributed by atoms with E-state index in [-0.39, 0.29) is 29.5 Å². The van der Waals surface area contributed by atoms with Crippen LogP contribution in [0.2, 0.25) is 0 Å². The zero-order chi connectivity index (χ0) is 10.8. The molecular formula is C11H11F2NO2. The molecule has 0 unspecified atom stereocenters. The molecule has 0 aliphatic carbocycles. The van der Waals surface area contributed by atoms with Crippen molar-refractivity contribution in [2.75, 3.05) is 13.2 Å². The summed E-state index contributed by atoms with van der Waals surface area (Å²) in [5, 5.41) is 0. The van der Waals surface area contributed by atoms with Crippen LogP contribution in [-0.4, -0.2) is 29.9 Å². The summed E-state index contributed by atoms with van der Waals surface area (Å²) in [6.45, 7) is -0.365. The van der Waals surface area contributed by atoms with Gasteiger partial charge in [0.25, 0.3) is 11.8 Å². The number of nitrogens with zero attached hydrogens (tertiary/aromatic N) is 1. The Labute approximate surface area is 91.2 Å². The molecule has 86 valence electrons. The maximum Gasteiger partial charge on any atom is 0.261 e. The molecule has 1 aliphatic heterocycles. The number of hydrogen-bond donors (Lipinski definition) is 0. The van der Waals surface area contributed by atoms with Crippen molar-refractivity contribution in [2.24, 2.45) is 0 Å². The number of carbonyl (C=O) groups excluding carboxylic acids is 2. The molecule has 2 amide bonds. The van der Waals surface area contributed by atoms with Crippen LogP contribution in [0.1, 0.15) is 27.1 Å². The van der Waals surface area contributed by atoms with Crippen LogP contribution in [0.25, 0.3) is 0 Å². The molecule has 1 aliphatic rings. The monoisotopic (exact) mass is 227 g/mol. The smallest absolute Gasteiger partial charge is 0.261 e. The third kappa shape index (κ3) is 1.80. The minimum Gasteiger partial charge on any atom is -0.274 e. The minimum absolute atomic E-state index is 0. The standard InChI is InChI=1S/C11H10FNO2.FH/c12-6-3-7-13-10(14)8-4-1-2-5-9(8)11(13)15;/h1-2,4-5H,3,6-7H2;1H. The van der Waals surface area contributed by atoms with Gasteiger partial charge in [0, 0.05) is 6.54 Å². The van der Waals surface area contributed by atoms with Crippen molar-refractivity contribution in [2.45, 2.75) is 6.42 Å². The molecule has 0 spiro atoms. The lowest BCUT2D eigenvalue weighted by Crippen LogP contribution is -2.30. The van der Waals surface area contributed by atoms with Crippen molar-refractivity contribution in [3.05, 3.63) is 35.4 Å². The van der Waals surface area contributed by atoms with Crippen molar-refractivity contribution < 1.29 is 18.7 Å². The first-order chi connectivity index (χ1) is 7.25. The summed E-state index contributed by atoms with van der Waals surface area (Å²) < 4.78 is 12.0. The molecule has 0 atom stereocenters. The van der Waals surface area contributed by atoms with Crippen LogP contribution in [0, 0.1) is 0 Å². The van der Waals surface area contributed by atoms with E-state index in [0.29, 0.717) is 11.1 Å². The third-order valence-electron chi connectivity index (χ3n) is 2.39. The highest BCUT2D eigenvalue weighted by atomic mass is 19.1. The lowest BCUT2D eigenvalue weighted by Gasteiger charge is -2.11. The molecular weight excluding hydrogens is 216 g/mol. The van der Waals surface area contributed by atoms with Gasteiger partial charge in [-0.3, -0.25) is 23.6 Å². The van der Waals surface area contributed by atoms with Gasteiger partial charge in [-0.05, 0) is 18.6 Å². The fourth-order valence-electron chi connectivity index (χ4n) is 1.66. The largest absolute Gasteiger partial charge is 0.274 e. The van der Waals surface area contributed by atoms with Gasteiger partial charge in [0.15, 0.2) is 0 Å². The number of halogens is 2. The number of imide groups is 1. The number of hydrogen-bond acceptors (Lipinski definition) is 2. The molecule has 1 aromatic carbocycles. The number of carbonyl (C=O) groups is 2. The van der Waals surface area contributed by atoms with E-state index in [1.165, 1.54) is 0 Å². The van der Waals surface area contributed by atoms with E-state index >= 15 is 0 Å². The van der Waals surface area contributed by atoms with Gasteiger partial charge < -0.3 is 0 Å². The fraction of sp³-hybridized carbons (Fsp3) is 0.273. The normalized spacial score (nSPS) is 13.7. The maximum absolute atomic E-state index is 12.0. The molecule has 1 heterocycles. The first-order valence-electron chi connectivity index (χ1n) is 4.77. The van der Waals surface area contributed by atoms with Crippen molar-refractivity contribution in [3.8, 4) is 0 Å². The van der Waals surface area contributed by atoms with E-state index in [4.69, 9.17) is 0 Å². The summed E-state index contributed by atoms with van der Waals surface area (Å²) in [4.78, 5) is 24.5. The van der Waals surface area contributed by atoms with Crippen LogP contribution in [0.3, 0.4) is 0 Å². The Hall–Kier alpha value is -1.78. The van der Waals surface area contributed by atoms with E-state index in [0.717, 1.165) is 4.90 Å². The van der Waals surface area contributed by atoms with Gasteiger partial charge >= 0.3 is 0 Å². The molecule has 0 bridgehead atoms. The van der Waals surface area contributed by atoms with Crippen LogP contribution in [0.5, 0.6) is 0 Å². The number of benzene rings is 1. The Bertz CT molecular complexity index is 385. The van der Waals surface area contributed by atoms with Gasteiger partial charge in [-0.1, -0.05) is 12.1 Å². The van der Waals surface area contributed by atoms with Crippen LogP contribution in [0.4, 0.5) is 9.09 Å². The summed E-state index contributed by atoms with van der Waals surface area (Å²) in [7, 11) is 0. The van der Waals surface area contributed by atoms with Gasteiger partial charge in [-0.2, -0.15) is 0 Å². The molecule has 2 rings (SSSR count). The lowest BCUT2D eigenvalue weighted by molar-refractivity contribution is 0.0650. The average Bonchev–Trinajstić information content (AvgIpc) is 2.51. The van der Waals surface area contributed by atoms with E-state index in [1.807, 2.05) is 0 Å². The molecule has 3 nitrogen and oxygen atoms in total. The zero-order valence-electron chi connectivity index (χ0n) is 8.48. The summed E-state index contributed by atoms with van der Waals surface area (Å²) in [6.07, 6.45) is 0.200. The zero-order valence-corrected chi connectivity index (χ0v) is 8.48. The Morgan fingerprint density at radius 1 is 1.06 bits per heavy atom. The number of alkyl halides is 1. The summed E-state index contributed by atoms with van der Waals surface area (Å²) in [6, 6.07) is 6.65. The highest BCUT2D eigenvalue weighted by Crippen LogP contribution is 2.22. The third-order valence-corrected chi connectivity index (χ3v) is 2.39. The topological polar surface area (TPSA) is 37.4 Å². The summed E-state index contributed by atoms with van der Waals surface area (Å²) >= 11 is 0. The Balaban J connectivity index is 0.00000128. The number of fused-ring (bicyclic) bond motifs is 1. The van der Waals surface area contributed by atoms with E-state index in [2.05, 4.69) is 0 Å². The molecule has 0 N–H and O–H groups in total. The van der Waals surface area contributed by atoms with E-state index < -0.39 is 6.67 Å². The van der Waals surface area contributed by atoms with Crippen molar-refractivity contribution in [1.29, 1.82) is 0 Å². The van der Waals surface area contributed by atoms with Gasteiger partial charge in [-0.25, -0.2) is 0 Å². The van der Waals surface area contributed by atoms with E-state index in [1.54, 1.807) is 24.3 Å². The van der Waals surface area contributed by atoms with Crippen molar-refractivity contribution in [3.63, 3.8) is 0 Å². The van der Waals surface area contributed by atoms with Gasteiger partial charge in [0.2, 0.25) is 0 Å². The highest BCUT2D eigenvalue weighted by Gasteiger charge is 2.34.